The molecule has 3 heterocycles. The number of thiophene rings is 1. The molecule has 6 nitrogen and oxygen atoms in total. The van der Waals surface area contributed by atoms with Crippen LogP contribution in [-0.4, -0.2) is 47.9 Å². The first-order valence-electron chi connectivity index (χ1n) is 8.98. The molecule has 2 aromatic rings. The maximum atomic E-state index is 12.9. The molecule has 0 atom stereocenters. The van der Waals surface area contributed by atoms with E-state index in [1.807, 2.05) is 10.3 Å². The number of nitrogens with one attached hydrogen (secondary N) is 2. The Morgan fingerprint density at radius 3 is 2.65 bits per heavy atom. The highest BCUT2D eigenvalue weighted by molar-refractivity contribution is 7.12. The van der Waals surface area contributed by atoms with Crippen molar-refractivity contribution < 1.29 is 9.59 Å². The van der Waals surface area contributed by atoms with Crippen LogP contribution in [0.5, 0.6) is 0 Å². The van der Waals surface area contributed by atoms with Crippen LogP contribution in [0.4, 0.5) is 5.69 Å². The minimum Gasteiger partial charge on any atom is -0.338 e. The largest absolute Gasteiger partial charge is 0.338 e. The third-order valence-electron chi connectivity index (χ3n) is 4.63. The van der Waals surface area contributed by atoms with E-state index in [0.717, 1.165) is 39.0 Å². The predicted molar refractivity (Wildman–Crippen MR) is 104 cm³/mol. The van der Waals surface area contributed by atoms with E-state index >= 15 is 0 Å². The number of likely N-dealkylation sites (tertiary alicyclic amines) is 1. The van der Waals surface area contributed by atoms with Crippen molar-refractivity contribution in [3.8, 4) is 0 Å². The summed E-state index contributed by atoms with van der Waals surface area (Å²) in [5.41, 5.74) is 1.10. The SMILES string of the molecule is CCNCC1CCN(C(=O)c2sccc2NC(=O)c2ccncc2)CC1. The lowest BCUT2D eigenvalue weighted by Crippen LogP contribution is -2.40. The van der Waals surface area contributed by atoms with Crippen molar-refractivity contribution in [3.05, 3.63) is 46.4 Å². The van der Waals surface area contributed by atoms with Crippen LogP contribution in [0.2, 0.25) is 0 Å². The second-order valence-corrected chi connectivity index (χ2v) is 7.31. The van der Waals surface area contributed by atoms with Gasteiger partial charge in [0.15, 0.2) is 0 Å². The summed E-state index contributed by atoms with van der Waals surface area (Å²) in [6.07, 6.45) is 5.18. The van der Waals surface area contributed by atoms with E-state index in [4.69, 9.17) is 0 Å². The van der Waals surface area contributed by atoms with E-state index < -0.39 is 0 Å². The summed E-state index contributed by atoms with van der Waals surface area (Å²) >= 11 is 1.37. The molecule has 26 heavy (non-hydrogen) atoms. The highest BCUT2D eigenvalue weighted by atomic mass is 32.1. The number of carbonyl (C=O) groups is 2. The van der Waals surface area contributed by atoms with Gasteiger partial charge < -0.3 is 15.5 Å². The summed E-state index contributed by atoms with van der Waals surface area (Å²) in [5.74, 6) is 0.407. The zero-order chi connectivity index (χ0) is 18.4. The Bertz CT molecular complexity index is 739. The zero-order valence-corrected chi connectivity index (χ0v) is 15.7. The molecule has 0 unspecified atom stereocenters. The van der Waals surface area contributed by atoms with Gasteiger partial charge in [0, 0.05) is 31.0 Å². The molecule has 0 radical (unpaired) electrons. The molecule has 0 bridgehead atoms. The predicted octanol–water partition coefficient (Wildman–Crippen LogP) is 2.86. The number of aromatic nitrogens is 1. The van der Waals surface area contributed by atoms with Gasteiger partial charge in [0.1, 0.15) is 4.88 Å². The summed E-state index contributed by atoms with van der Waals surface area (Å²) in [4.78, 5) is 31.6. The highest BCUT2D eigenvalue weighted by Gasteiger charge is 2.26. The second-order valence-electron chi connectivity index (χ2n) is 6.40. The van der Waals surface area contributed by atoms with Crippen LogP contribution in [0.25, 0.3) is 0 Å². The molecule has 138 valence electrons. The Morgan fingerprint density at radius 2 is 1.96 bits per heavy atom. The van der Waals surface area contributed by atoms with Gasteiger partial charge >= 0.3 is 0 Å². The molecule has 1 aliphatic rings. The zero-order valence-electron chi connectivity index (χ0n) is 14.9. The van der Waals surface area contributed by atoms with Gasteiger partial charge in [-0.25, -0.2) is 0 Å². The quantitative estimate of drug-likeness (QED) is 0.818. The molecule has 1 fully saturated rings. The third-order valence-corrected chi connectivity index (χ3v) is 5.54. The number of pyridine rings is 1. The van der Waals surface area contributed by atoms with Crippen LogP contribution < -0.4 is 10.6 Å². The lowest BCUT2D eigenvalue weighted by Gasteiger charge is -2.32. The van der Waals surface area contributed by atoms with Crippen molar-refractivity contribution in [1.29, 1.82) is 0 Å². The van der Waals surface area contributed by atoms with Gasteiger partial charge in [-0.1, -0.05) is 6.92 Å². The number of amides is 2. The Kier molecular flexibility index (Phi) is 6.35. The first-order valence-corrected chi connectivity index (χ1v) is 9.86. The van der Waals surface area contributed by atoms with Crippen LogP contribution in [0.1, 0.15) is 39.8 Å². The van der Waals surface area contributed by atoms with E-state index in [9.17, 15) is 9.59 Å². The maximum Gasteiger partial charge on any atom is 0.266 e. The Balaban J connectivity index is 1.61. The first-order chi connectivity index (χ1) is 12.7. The molecule has 0 spiro atoms. The molecule has 2 N–H and O–H groups in total. The molecule has 0 aliphatic carbocycles. The number of carbonyl (C=O) groups excluding carboxylic acids is 2. The molecule has 0 saturated carbocycles. The average Bonchev–Trinajstić information content (AvgIpc) is 3.15. The normalized spacial score (nSPS) is 15.0. The monoisotopic (exact) mass is 372 g/mol. The molecule has 0 aromatic carbocycles. The van der Waals surface area contributed by atoms with Crippen LogP contribution in [-0.2, 0) is 0 Å². The van der Waals surface area contributed by atoms with Crippen molar-refractivity contribution in [1.82, 2.24) is 15.2 Å². The van der Waals surface area contributed by atoms with Gasteiger partial charge in [0.05, 0.1) is 5.69 Å². The Hall–Kier alpha value is -2.25. The minimum absolute atomic E-state index is 0.00642. The molecule has 7 heteroatoms. The van der Waals surface area contributed by atoms with E-state index in [1.165, 1.54) is 11.3 Å². The van der Waals surface area contributed by atoms with E-state index in [2.05, 4.69) is 22.5 Å². The topological polar surface area (TPSA) is 74.3 Å². The minimum atomic E-state index is -0.232. The number of nitrogens with zero attached hydrogens (tertiary/aromatic N) is 2. The summed E-state index contributed by atoms with van der Waals surface area (Å²) in [5, 5.41) is 8.07. The van der Waals surface area contributed by atoms with E-state index in [0.29, 0.717) is 22.0 Å². The number of piperidine rings is 1. The fourth-order valence-corrected chi connectivity index (χ4v) is 3.92. The lowest BCUT2D eigenvalue weighted by molar-refractivity contribution is 0.0696. The highest BCUT2D eigenvalue weighted by Crippen LogP contribution is 2.27. The van der Waals surface area contributed by atoms with Gasteiger partial charge in [0.2, 0.25) is 0 Å². The van der Waals surface area contributed by atoms with Crippen LogP contribution in [0.3, 0.4) is 0 Å². The second kappa shape index (κ2) is 8.91. The summed E-state index contributed by atoms with van der Waals surface area (Å²) in [6, 6.07) is 5.09. The van der Waals surface area contributed by atoms with Crippen molar-refractivity contribution in [2.45, 2.75) is 19.8 Å². The van der Waals surface area contributed by atoms with Crippen LogP contribution in [0, 0.1) is 5.92 Å². The third kappa shape index (κ3) is 4.47. The van der Waals surface area contributed by atoms with Gasteiger partial charge in [-0.2, -0.15) is 0 Å². The fourth-order valence-electron chi connectivity index (χ4n) is 3.10. The average molecular weight is 372 g/mol. The summed E-state index contributed by atoms with van der Waals surface area (Å²) in [6.45, 7) is 5.64. The molecule has 1 aliphatic heterocycles. The molecular weight excluding hydrogens is 348 g/mol. The van der Waals surface area contributed by atoms with Crippen LogP contribution >= 0.6 is 11.3 Å². The van der Waals surface area contributed by atoms with E-state index in [-0.39, 0.29) is 11.8 Å². The fraction of sp³-hybridized carbons (Fsp3) is 0.421. The molecular formula is C19H24N4O2S. The van der Waals surface area contributed by atoms with E-state index in [1.54, 1.807) is 30.6 Å². The first kappa shape index (κ1) is 18.5. The molecule has 3 rings (SSSR count). The summed E-state index contributed by atoms with van der Waals surface area (Å²) < 4.78 is 0. The van der Waals surface area contributed by atoms with Crippen molar-refractivity contribution in [3.63, 3.8) is 0 Å². The number of hydrogen-bond donors (Lipinski definition) is 2. The number of hydrogen-bond acceptors (Lipinski definition) is 5. The van der Waals surface area contributed by atoms with Gasteiger partial charge in [0.25, 0.3) is 11.8 Å². The van der Waals surface area contributed by atoms with Gasteiger partial charge in [-0.3, -0.25) is 14.6 Å². The summed E-state index contributed by atoms with van der Waals surface area (Å²) in [7, 11) is 0. The van der Waals surface area contributed by atoms with Gasteiger partial charge in [-0.05, 0) is 55.4 Å². The standard InChI is InChI=1S/C19H24N4O2S/c1-2-20-13-14-5-10-23(11-6-14)19(25)17-16(7-12-26-17)22-18(24)15-3-8-21-9-4-15/h3-4,7-9,12,14,20H,2,5-6,10-11,13H2,1H3,(H,22,24). The van der Waals surface area contributed by atoms with Crippen molar-refractivity contribution in [2.75, 3.05) is 31.5 Å². The van der Waals surface area contributed by atoms with Crippen molar-refractivity contribution in [2.24, 2.45) is 5.92 Å². The number of rotatable bonds is 6. The lowest BCUT2D eigenvalue weighted by atomic mass is 9.96. The maximum absolute atomic E-state index is 12.9. The Labute approximate surface area is 157 Å². The Morgan fingerprint density at radius 1 is 1.23 bits per heavy atom. The number of anilines is 1. The molecule has 2 amide bonds. The van der Waals surface area contributed by atoms with Gasteiger partial charge in [-0.15, -0.1) is 11.3 Å². The smallest absolute Gasteiger partial charge is 0.266 e. The molecule has 2 aromatic heterocycles. The molecule has 1 saturated heterocycles. The van der Waals surface area contributed by atoms with Crippen molar-refractivity contribution >= 4 is 28.8 Å². The van der Waals surface area contributed by atoms with Crippen LogP contribution in [0.15, 0.2) is 36.0 Å².